The lowest BCUT2D eigenvalue weighted by Crippen LogP contribution is -2.20. The number of methoxy groups -OCH3 is 1. The lowest BCUT2D eigenvalue weighted by Gasteiger charge is -2.03. The molecule has 0 aliphatic rings. The highest BCUT2D eigenvalue weighted by atomic mass is 32.2. The summed E-state index contributed by atoms with van der Waals surface area (Å²) in [6.07, 6.45) is 2.01. The molecule has 0 radical (unpaired) electrons. The van der Waals surface area contributed by atoms with E-state index in [4.69, 9.17) is 5.41 Å². The van der Waals surface area contributed by atoms with Crippen LogP contribution in [0.2, 0.25) is 0 Å². The van der Waals surface area contributed by atoms with Crippen LogP contribution in [-0.2, 0) is 16.1 Å². The molecule has 0 aliphatic heterocycles. The third-order valence-electron chi connectivity index (χ3n) is 2.42. The van der Waals surface area contributed by atoms with Crippen LogP contribution in [-0.4, -0.2) is 23.9 Å². The van der Waals surface area contributed by atoms with Crippen LogP contribution in [0.3, 0.4) is 0 Å². The van der Waals surface area contributed by atoms with Crippen LogP contribution in [0, 0.1) is 5.41 Å². The zero-order chi connectivity index (χ0) is 12.4. The molecule has 0 aliphatic carbocycles. The largest absolute Gasteiger partial charge is 0.468 e. The van der Waals surface area contributed by atoms with Crippen molar-refractivity contribution in [3.63, 3.8) is 0 Å². The van der Waals surface area contributed by atoms with E-state index in [9.17, 15) is 4.79 Å². The molecule has 1 N–H and O–H groups in total. The van der Waals surface area contributed by atoms with Crippen LogP contribution >= 0.6 is 23.1 Å². The van der Waals surface area contributed by atoms with Gasteiger partial charge in [-0.25, -0.2) is 0 Å². The van der Waals surface area contributed by atoms with Gasteiger partial charge in [0.25, 0.3) is 0 Å². The number of rotatable bonds is 3. The van der Waals surface area contributed by atoms with Crippen LogP contribution in [0.5, 0.6) is 0 Å². The summed E-state index contributed by atoms with van der Waals surface area (Å²) in [4.78, 5) is 12.8. The van der Waals surface area contributed by atoms with E-state index in [0.29, 0.717) is 4.80 Å². The molecule has 0 fully saturated rings. The summed E-state index contributed by atoms with van der Waals surface area (Å²) in [5.74, 6) is -0.336. The first-order valence-electron chi connectivity index (χ1n) is 4.94. The smallest absolute Gasteiger partial charge is 0.325 e. The zero-order valence-electron chi connectivity index (χ0n) is 9.52. The van der Waals surface area contributed by atoms with E-state index in [-0.39, 0.29) is 12.5 Å². The minimum atomic E-state index is -0.336. The first kappa shape index (κ1) is 12.2. The number of ether oxygens (including phenoxy) is 1. The Bertz CT molecular complexity index is 615. The van der Waals surface area contributed by atoms with Crippen LogP contribution in [0.25, 0.3) is 10.2 Å². The number of hydrogen-bond acceptors (Lipinski definition) is 5. The number of benzene rings is 1. The van der Waals surface area contributed by atoms with Gasteiger partial charge in [-0.15, -0.1) is 11.8 Å². The highest BCUT2D eigenvalue weighted by Crippen LogP contribution is 2.23. The zero-order valence-corrected chi connectivity index (χ0v) is 11.2. The Hall–Kier alpha value is -1.27. The number of carbonyl (C=O) groups is 1. The van der Waals surface area contributed by atoms with Crippen molar-refractivity contribution >= 4 is 39.3 Å². The number of aromatic nitrogens is 1. The predicted octanol–water partition coefficient (Wildman–Crippen LogP) is 2.08. The molecule has 90 valence electrons. The monoisotopic (exact) mass is 268 g/mol. The van der Waals surface area contributed by atoms with E-state index in [0.717, 1.165) is 15.1 Å². The first-order valence-corrected chi connectivity index (χ1v) is 6.98. The van der Waals surface area contributed by atoms with Gasteiger partial charge in [0, 0.05) is 4.90 Å². The second-order valence-electron chi connectivity index (χ2n) is 3.40. The lowest BCUT2D eigenvalue weighted by atomic mass is 10.3. The standard InChI is InChI=1S/C11H12N2O2S2/c1-15-10(14)6-13-8-4-3-7(16-2)5-9(8)17-11(13)12/h3-5,12H,6H2,1-2H3. The molecule has 1 aromatic carbocycles. The molecule has 0 spiro atoms. The molecule has 0 unspecified atom stereocenters. The second-order valence-corrected chi connectivity index (χ2v) is 5.31. The fourth-order valence-corrected chi connectivity index (χ4v) is 3.01. The van der Waals surface area contributed by atoms with E-state index in [1.54, 1.807) is 16.3 Å². The van der Waals surface area contributed by atoms with E-state index >= 15 is 0 Å². The number of nitrogens with zero attached hydrogens (tertiary/aromatic N) is 1. The van der Waals surface area contributed by atoms with E-state index in [1.807, 2.05) is 24.5 Å². The fraction of sp³-hybridized carbons (Fsp3) is 0.273. The Morgan fingerprint density at radius 2 is 2.35 bits per heavy atom. The normalized spacial score (nSPS) is 10.7. The molecule has 1 aromatic heterocycles. The van der Waals surface area contributed by atoms with Crippen LogP contribution in [0.15, 0.2) is 23.1 Å². The van der Waals surface area contributed by atoms with Crippen molar-refractivity contribution in [3.8, 4) is 0 Å². The molecule has 1 heterocycles. The Kier molecular flexibility index (Phi) is 3.54. The molecule has 17 heavy (non-hydrogen) atoms. The summed E-state index contributed by atoms with van der Waals surface area (Å²) in [5.41, 5.74) is 0.906. The van der Waals surface area contributed by atoms with Gasteiger partial charge >= 0.3 is 5.97 Å². The van der Waals surface area contributed by atoms with Gasteiger partial charge in [-0.1, -0.05) is 11.3 Å². The van der Waals surface area contributed by atoms with Gasteiger partial charge in [-0.2, -0.15) is 0 Å². The number of thiazole rings is 1. The Balaban J connectivity index is 2.52. The van der Waals surface area contributed by atoms with Crippen molar-refractivity contribution in [1.29, 1.82) is 5.41 Å². The van der Waals surface area contributed by atoms with Gasteiger partial charge < -0.3 is 9.30 Å². The van der Waals surface area contributed by atoms with Gasteiger partial charge in [0.15, 0.2) is 4.80 Å². The molecule has 4 nitrogen and oxygen atoms in total. The Morgan fingerprint density at radius 1 is 1.59 bits per heavy atom. The van der Waals surface area contributed by atoms with Crippen molar-refractivity contribution in [2.75, 3.05) is 13.4 Å². The predicted molar refractivity (Wildman–Crippen MR) is 69.5 cm³/mol. The number of carbonyl (C=O) groups excluding carboxylic acids is 1. The Morgan fingerprint density at radius 3 is 3.00 bits per heavy atom. The van der Waals surface area contributed by atoms with Crippen molar-refractivity contribution in [1.82, 2.24) is 4.57 Å². The van der Waals surface area contributed by atoms with E-state index in [1.165, 1.54) is 18.4 Å². The molecule has 0 bridgehead atoms. The van der Waals surface area contributed by atoms with Gasteiger partial charge in [-0.3, -0.25) is 10.2 Å². The highest BCUT2D eigenvalue weighted by Gasteiger charge is 2.09. The second kappa shape index (κ2) is 4.93. The number of fused-ring (bicyclic) bond motifs is 1. The van der Waals surface area contributed by atoms with Crippen molar-refractivity contribution < 1.29 is 9.53 Å². The number of nitrogens with one attached hydrogen (secondary N) is 1. The average Bonchev–Trinajstić information content (AvgIpc) is 2.64. The summed E-state index contributed by atoms with van der Waals surface area (Å²) in [6, 6.07) is 5.97. The molecule has 0 atom stereocenters. The first-order chi connectivity index (χ1) is 8.15. The minimum absolute atomic E-state index is 0.0912. The maximum atomic E-state index is 11.3. The number of hydrogen-bond donors (Lipinski definition) is 1. The van der Waals surface area contributed by atoms with Crippen LogP contribution in [0.1, 0.15) is 0 Å². The summed E-state index contributed by atoms with van der Waals surface area (Å²) < 4.78 is 7.31. The van der Waals surface area contributed by atoms with E-state index in [2.05, 4.69) is 4.74 Å². The van der Waals surface area contributed by atoms with Crippen molar-refractivity contribution in [2.24, 2.45) is 0 Å². The summed E-state index contributed by atoms with van der Waals surface area (Å²) in [7, 11) is 1.35. The maximum absolute atomic E-state index is 11.3. The molecule has 0 amide bonds. The number of esters is 1. The maximum Gasteiger partial charge on any atom is 0.325 e. The topological polar surface area (TPSA) is 55.1 Å². The average molecular weight is 268 g/mol. The Labute approximate surface area is 107 Å². The SMILES string of the molecule is COC(=O)Cn1c(=N)sc2cc(SC)ccc21. The quantitative estimate of drug-likeness (QED) is 0.685. The molecular weight excluding hydrogens is 256 g/mol. The summed E-state index contributed by atoms with van der Waals surface area (Å²) in [6.45, 7) is 0.0912. The summed E-state index contributed by atoms with van der Waals surface area (Å²) >= 11 is 3.03. The molecular formula is C11H12N2O2S2. The van der Waals surface area contributed by atoms with Crippen molar-refractivity contribution in [3.05, 3.63) is 23.0 Å². The molecule has 2 rings (SSSR count). The fourth-order valence-electron chi connectivity index (χ4n) is 1.55. The molecule has 0 saturated carbocycles. The lowest BCUT2D eigenvalue weighted by molar-refractivity contribution is -0.141. The van der Waals surface area contributed by atoms with E-state index < -0.39 is 0 Å². The van der Waals surface area contributed by atoms with Crippen LogP contribution in [0.4, 0.5) is 0 Å². The van der Waals surface area contributed by atoms with Crippen molar-refractivity contribution in [2.45, 2.75) is 11.4 Å². The minimum Gasteiger partial charge on any atom is -0.468 e. The molecule has 2 aromatic rings. The molecule has 6 heteroatoms. The molecule has 0 saturated heterocycles. The van der Waals surface area contributed by atoms with Gasteiger partial charge in [0.2, 0.25) is 0 Å². The van der Waals surface area contributed by atoms with Crippen LogP contribution < -0.4 is 4.80 Å². The summed E-state index contributed by atoms with van der Waals surface area (Å²) in [5, 5.41) is 7.86. The third-order valence-corrected chi connectivity index (χ3v) is 4.11. The van der Waals surface area contributed by atoms with Gasteiger partial charge in [-0.05, 0) is 24.5 Å². The third kappa shape index (κ3) is 2.37. The number of thioether (sulfide) groups is 1. The van der Waals surface area contributed by atoms with Gasteiger partial charge in [0.1, 0.15) is 6.54 Å². The van der Waals surface area contributed by atoms with Gasteiger partial charge in [0.05, 0.1) is 17.3 Å². The highest BCUT2D eigenvalue weighted by molar-refractivity contribution is 7.98.